The number of aromatic amines is 1. The van der Waals surface area contributed by atoms with E-state index < -0.39 is 5.82 Å². The fraction of sp³-hybridized carbons (Fsp3) is 0.250. The van der Waals surface area contributed by atoms with Crippen LogP contribution < -0.4 is 25.4 Å². The third-order valence-electron chi connectivity index (χ3n) is 6.73. The van der Waals surface area contributed by atoms with Gasteiger partial charge >= 0.3 is 6.03 Å². The Bertz CT molecular complexity index is 1650. The maximum absolute atomic E-state index is 15.1. The second kappa shape index (κ2) is 10.3. The second-order valence-electron chi connectivity index (χ2n) is 9.25. The Hall–Kier alpha value is -4.64. The van der Waals surface area contributed by atoms with E-state index in [1.165, 1.54) is 13.2 Å². The van der Waals surface area contributed by atoms with Crippen LogP contribution in [0, 0.1) is 19.7 Å². The minimum Gasteiger partial charge on any atom is -0.497 e. The summed E-state index contributed by atoms with van der Waals surface area (Å²) in [7, 11) is 5.10. The molecule has 1 aliphatic heterocycles. The van der Waals surface area contributed by atoms with E-state index in [0.717, 1.165) is 17.0 Å². The largest absolute Gasteiger partial charge is 0.497 e. The lowest BCUT2D eigenvalue weighted by Crippen LogP contribution is -2.33. The number of ether oxygens (including phenoxy) is 2. The molecule has 1 aliphatic rings. The molecule has 0 bridgehead atoms. The Kier molecular flexibility index (Phi) is 6.83. The summed E-state index contributed by atoms with van der Waals surface area (Å²) in [5.41, 5.74) is 4.65. The molecule has 0 radical (unpaired) electrons. The zero-order valence-corrected chi connectivity index (χ0v) is 22.3. The van der Waals surface area contributed by atoms with Crippen molar-refractivity contribution in [3.63, 3.8) is 0 Å². The quantitative estimate of drug-likeness (QED) is 0.208. The number of fused-ring (bicyclic) bond motifs is 2. The topological polar surface area (TPSA) is 122 Å². The molecule has 0 spiro atoms. The van der Waals surface area contributed by atoms with Gasteiger partial charge in [0.1, 0.15) is 11.5 Å². The molecule has 4 aromatic rings. The van der Waals surface area contributed by atoms with E-state index in [1.54, 1.807) is 42.1 Å². The van der Waals surface area contributed by atoms with Crippen LogP contribution in [0.5, 0.6) is 11.5 Å². The third-order valence-corrected chi connectivity index (χ3v) is 6.73. The number of amides is 2. The van der Waals surface area contributed by atoms with Crippen LogP contribution >= 0.6 is 0 Å². The average molecular weight is 533 g/mol. The number of carbonyl (C=O) groups is 2. The summed E-state index contributed by atoms with van der Waals surface area (Å²) in [5.74, 6) is -0.0559. The smallest absolute Gasteiger partial charge is 0.319 e. The molecule has 5 rings (SSSR count). The second-order valence-corrected chi connectivity index (χ2v) is 9.25. The van der Waals surface area contributed by atoms with Crippen molar-refractivity contribution in [1.82, 2.24) is 25.4 Å². The Balaban J connectivity index is 1.57. The Morgan fingerprint density at radius 2 is 2.03 bits per heavy atom. The number of nitrogens with zero attached hydrogens (tertiary/aromatic N) is 2. The highest BCUT2D eigenvalue weighted by Crippen LogP contribution is 2.40. The van der Waals surface area contributed by atoms with Gasteiger partial charge in [-0.25, -0.2) is 9.18 Å². The van der Waals surface area contributed by atoms with E-state index in [9.17, 15) is 9.59 Å². The van der Waals surface area contributed by atoms with Crippen LogP contribution in [-0.2, 0) is 7.05 Å². The molecule has 0 saturated carbocycles. The number of allylic oxidation sites excluding steroid dienone is 1. The van der Waals surface area contributed by atoms with Crippen LogP contribution in [0.3, 0.4) is 0 Å². The molecule has 202 valence electrons. The number of urea groups is 1. The molecule has 11 heteroatoms. The average Bonchev–Trinajstić information content (AvgIpc) is 3.50. The fourth-order valence-corrected chi connectivity index (χ4v) is 4.72. The van der Waals surface area contributed by atoms with Crippen molar-refractivity contribution in [2.45, 2.75) is 13.8 Å². The monoisotopic (exact) mass is 532 g/mol. The van der Waals surface area contributed by atoms with Gasteiger partial charge in [-0.1, -0.05) is 0 Å². The number of aryl methyl sites for hydroxylation is 2. The molecular formula is C28H29FN6O4. The van der Waals surface area contributed by atoms with Crippen molar-refractivity contribution in [1.29, 1.82) is 0 Å². The van der Waals surface area contributed by atoms with Crippen LogP contribution in [-0.4, -0.2) is 53.8 Å². The number of rotatable bonds is 7. The lowest BCUT2D eigenvalue weighted by Gasteiger charge is -2.07. The van der Waals surface area contributed by atoms with E-state index in [-0.39, 0.29) is 23.1 Å². The van der Waals surface area contributed by atoms with Crippen LogP contribution in [0.2, 0.25) is 0 Å². The lowest BCUT2D eigenvalue weighted by atomic mass is 10.0. The molecule has 4 N–H and O–H groups in total. The molecule has 2 amide bonds. The minimum absolute atomic E-state index is 0.0743. The first-order chi connectivity index (χ1) is 18.7. The van der Waals surface area contributed by atoms with Crippen molar-refractivity contribution in [3.05, 3.63) is 64.4 Å². The first-order valence-corrected chi connectivity index (χ1v) is 12.4. The SMILES string of the molecule is CNCCNC(=O)Nc1ccc2c(c1)C(=O)/C(=C/c1c(-c3c(C)nn(C)c3C)[nH]c3c(F)cc(OC)cc13)O2. The van der Waals surface area contributed by atoms with Gasteiger partial charge < -0.3 is 30.4 Å². The summed E-state index contributed by atoms with van der Waals surface area (Å²) in [6.07, 6.45) is 1.61. The highest BCUT2D eigenvalue weighted by molar-refractivity contribution is 6.16. The number of nitrogens with one attached hydrogen (secondary N) is 4. The molecular weight excluding hydrogens is 503 g/mol. The van der Waals surface area contributed by atoms with Crippen molar-refractivity contribution < 1.29 is 23.5 Å². The standard InChI is InChI=1S/C28H29FN6O4/c1-14-24(15(2)35(4)34-14)26-19(18-11-17(38-5)12-21(29)25(18)33-26)13-23-27(36)20-10-16(6-7-22(20)39-23)32-28(37)31-9-8-30-3/h6-7,10-13,30,33H,8-9H2,1-5H3,(H2,31,32,37)/b23-13-. The van der Waals surface area contributed by atoms with Crippen LogP contribution in [0.15, 0.2) is 36.1 Å². The maximum atomic E-state index is 15.1. The summed E-state index contributed by atoms with van der Waals surface area (Å²) in [6, 6.07) is 7.50. The zero-order chi connectivity index (χ0) is 27.8. The Labute approximate surface area is 224 Å². The zero-order valence-electron chi connectivity index (χ0n) is 22.3. The van der Waals surface area contributed by atoms with Crippen LogP contribution in [0.25, 0.3) is 28.2 Å². The molecule has 39 heavy (non-hydrogen) atoms. The lowest BCUT2D eigenvalue weighted by molar-refractivity contribution is 0.101. The fourth-order valence-electron chi connectivity index (χ4n) is 4.72. The van der Waals surface area contributed by atoms with Crippen LogP contribution in [0.4, 0.5) is 14.9 Å². The molecule has 0 aliphatic carbocycles. The number of likely N-dealkylation sites (N-methyl/N-ethyl adjacent to an activating group) is 1. The number of hydrogen-bond acceptors (Lipinski definition) is 6. The summed E-state index contributed by atoms with van der Waals surface area (Å²) in [6.45, 7) is 4.88. The highest BCUT2D eigenvalue weighted by Gasteiger charge is 2.30. The number of halogens is 1. The van der Waals surface area contributed by atoms with E-state index in [1.807, 2.05) is 20.9 Å². The molecule has 2 aromatic carbocycles. The van der Waals surface area contributed by atoms with Gasteiger partial charge in [-0.2, -0.15) is 5.10 Å². The van der Waals surface area contributed by atoms with Crippen LogP contribution in [0.1, 0.15) is 27.3 Å². The van der Waals surface area contributed by atoms with E-state index >= 15 is 4.39 Å². The van der Waals surface area contributed by atoms with Crippen molar-refractivity contribution in [2.24, 2.45) is 7.05 Å². The van der Waals surface area contributed by atoms with Gasteiger partial charge in [0.25, 0.3) is 0 Å². The molecule has 3 heterocycles. The van der Waals surface area contributed by atoms with E-state index in [4.69, 9.17) is 9.47 Å². The van der Waals surface area contributed by atoms with Gasteiger partial charge in [0.2, 0.25) is 5.78 Å². The maximum Gasteiger partial charge on any atom is 0.319 e. The number of hydrogen-bond donors (Lipinski definition) is 4. The summed E-state index contributed by atoms with van der Waals surface area (Å²) in [5, 5.41) is 13.4. The number of anilines is 1. The number of benzene rings is 2. The Morgan fingerprint density at radius 3 is 2.72 bits per heavy atom. The van der Waals surface area contributed by atoms with Crippen molar-refractivity contribution in [2.75, 3.05) is 32.6 Å². The van der Waals surface area contributed by atoms with Gasteiger partial charge in [-0.05, 0) is 51.2 Å². The van der Waals surface area contributed by atoms with Gasteiger partial charge in [-0.3, -0.25) is 9.48 Å². The molecule has 0 unspecified atom stereocenters. The van der Waals surface area contributed by atoms with Crippen molar-refractivity contribution >= 4 is 34.5 Å². The predicted molar refractivity (Wildman–Crippen MR) is 147 cm³/mol. The minimum atomic E-state index is -0.486. The van der Waals surface area contributed by atoms with Gasteiger partial charge in [0.15, 0.2) is 11.6 Å². The van der Waals surface area contributed by atoms with Gasteiger partial charge in [0, 0.05) is 54.1 Å². The molecule has 10 nitrogen and oxygen atoms in total. The number of ketones is 1. The van der Waals surface area contributed by atoms with Gasteiger partial charge in [-0.15, -0.1) is 0 Å². The number of Topliss-reactive ketones (excluding diaryl/α,β-unsaturated/α-hetero) is 1. The summed E-state index contributed by atoms with van der Waals surface area (Å²) >= 11 is 0. The van der Waals surface area contributed by atoms with Crippen molar-refractivity contribution in [3.8, 4) is 22.8 Å². The number of aromatic nitrogens is 3. The molecule has 0 atom stereocenters. The van der Waals surface area contributed by atoms with E-state index in [2.05, 4.69) is 26.0 Å². The number of carbonyl (C=O) groups excluding carboxylic acids is 2. The summed E-state index contributed by atoms with van der Waals surface area (Å²) < 4.78 is 28.1. The van der Waals surface area contributed by atoms with E-state index in [0.29, 0.717) is 52.5 Å². The first-order valence-electron chi connectivity index (χ1n) is 12.4. The molecule has 2 aromatic heterocycles. The first kappa shape index (κ1) is 26.0. The number of methoxy groups -OCH3 is 1. The molecule has 0 saturated heterocycles. The Morgan fingerprint density at radius 1 is 1.23 bits per heavy atom. The normalized spacial score (nSPS) is 13.6. The van der Waals surface area contributed by atoms with Gasteiger partial charge in [0.05, 0.1) is 29.6 Å². The highest BCUT2D eigenvalue weighted by atomic mass is 19.1. The molecule has 0 fully saturated rings. The third kappa shape index (κ3) is 4.72. The summed E-state index contributed by atoms with van der Waals surface area (Å²) in [4.78, 5) is 28.8. The predicted octanol–water partition coefficient (Wildman–Crippen LogP) is 4.29. The number of H-pyrrole nitrogens is 1.